The Kier molecular flexibility index (Phi) is 4.14. The molecule has 0 radical (unpaired) electrons. The van der Waals surface area contributed by atoms with Crippen molar-refractivity contribution in [2.75, 3.05) is 0 Å². The second-order valence-corrected chi connectivity index (χ2v) is 6.72. The lowest BCUT2D eigenvalue weighted by Crippen LogP contribution is -2.17. The summed E-state index contributed by atoms with van der Waals surface area (Å²) in [7, 11) is 0. The number of hydrogen-bond donors (Lipinski definition) is 3. The van der Waals surface area contributed by atoms with Crippen LogP contribution in [-0.4, -0.2) is 27.3 Å². The van der Waals surface area contributed by atoms with Crippen molar-refractivity contribution in [3.8, 4) is 11.3 Å². The fourth-order valence-electron chi connectivity index (χ4n) is 3.36. The maximum atomic E-state index is 12.4. The van der Waals surface area contributed by atoms with Crippen LogP contribution in [-0.2, 0) is 0 Å². The summed E-state index contributed by atoms with van der Waals surface area (Å²) >= 11 is 0. The molecule has 3 N–H and O–H groups in total. The summed E-state index contributed by atoms with van der Waals surface area (Å²) in [5.74, 6) is -0.347. The monoisotopic (exact) mass is 379 g/mol. The van der Waals surface area contributed by atoms with Gasteiger partial charge in [0.15, 0.2) is 0 Å². The van der Waals surface area contributed by atoms with Gasteiger partial charge in [-0.15, -0.1) is 0 Å². The molecule has 5 aromatic rings. The first-order chi connectivity index (χ1) is 14.3. The van der Waals surface area contributed by atoms with Crippen molar-refractivity contribution >= 4 is 33.8 Å². The van der Waals surface area contributed by atoms with Crippen molar-refractivity contribution in [2.45, 2.75) is 0 Å². The summed E-state index contributed by atoms with van der Waals surface area (Å²) in [6.45, 7) is 0. The summed E-state index contributed by atoms with van der Waals surface area (Å²) in [4.78, 5) is 15.6. The van der Waals surface area contributed by atoms with E-state index >= 15 is 0 Å². The third-order valence-corrected chi connectivity index (χ3v) is 4.86. The minimum Gasteiger partial charge on any atom is -0.361 e. The molecule has 0 saturated carbocycles. The van der Waals surface area contributed by atoms with Crippen molar-refractivity contribution in [2.24, 2.45) is 5.10 Å². The normalized spacial score (nSPS) is 11.4. The van der Waals surface area contributed by atoms with Crippen LogP contribution in [0.15, 0.2) is 84.1 Å². The molecule has 0 aliphatic carbocycles. The van der Waals surface area contributed by atoms with E-state index in [0.29, 0.717) is 11.4 Å². The Balaban J connectivity index is 1.32. The zero-order chi connectivity index (χ0) is 19.6. The predicted molar refractivity (Wildman–Crippen MR) is 115 cm³/mol. The van der Waals surface area contributed by atoms with Gasteiger partial charge >= 0.3 is 0 Å². The lowest BCUT2D eigenvalue weighted by Gasteiger charge is -2.00. The van der Waals surface area contributed by atoms with Crippen molar-refractivity contribution in [3.05, 3.63) is 90.3 Å². The number of hydrazone groups is 1. The number of para-hydroxylation sites is 1. The number of amides is 1. The SMILES string of the molecule is O=C(N/N=C\c1c[nH]c2ccccc12)c1cc(-c2ccc3ccccc3c2)n[nH]1. The Labute approximate surface area is 166 Å². The van der Waals surface area contributed by atoms with Crippen molar-refractivity contribution in [1.82, 2.24) is 20.6 Å². The van der Waals surface area contributed by atoms with E-state index in [1.807, 2.05) is 54.7 Å². The number of H-pyrrole nitrogens is 2. The number of rotatable bonds is 4. The molecule has 140 valence electrons. The number of nitrogens with zero attached hydrogens (tertiary/aromatic N) is 2. The number of aromatic nitrogens is 3. The molecule has 1 amide bonds. The minimum absolute atomic E-state index is 0.347. The number of carbonyl (C=O) groups excluding carboxylic acids is 1. The Morgan fingerprint density at radius 2 is 1.79 bits per heavy atom. The Morgan fingerprint density at radius 1 is 0.966 bits per heavy atom. The fraction of sp³-hybridized carbons (Fsp3) is 0. The Hall–Kier alpha value is -4.19. The van der Waals surface area contributed by atoms with Crippen LogP contribution < -0.4 is 5.43 Å². The number of benzene rings is 3. The molecule has 2 aromatic heterocycles. The van der Waals surface area contributed by atoms with Crippen LogP contribution in [0.2, 0.25) is 0 Å². The molecule has 3 aromatic carbocycles. The molecule has 0 aliphatic heterocycles. The first-order valence-electron chi connectivity index (χ1n) is 9.22. The molecule has 0 bridgehead atoms. The van der Waals surface area contributed by atoms with Crippen LogP contribution >= 0.6 is 0 Å². The molecule has 29 heavy (non-hydrogen) atoms. The molecule has 0 fully saturated rings. The van der Waals surface area contributed by atoms with Gasteiger partial charge in [0.1, 0.15) is 5.69 Å². The van der Waals surface area contributed by atoms with Gasteiger partial charge in [-0.2, -0.15) is 10.2 Å². The lowest BCUT2D eigenvalue weighted by atomic mass is 10.1. The molecule has 0 unspecified atom stereocenters. The third-order valence-electron chi connectivity index (χ3n) is 4.86. The summed E-state index contributed by atoms with van der Waals surface area (Å²) in [5.41, 5.74) is 6.48. The number of hydrogen-bond acceptors (Lipinski definition) is 3. The molecule has 6 heteroatoms. The highest BCUT2D eigenvalue weighted by Gasteiger charge is 2.11. The first-order valence-corrected chi connectivity index (χ1v) is 9.22. The van der Waals surface area contributed by atoms with E-state index in [1.54, 1.807) is 12.3 Å². The van der Waals surface area contributed by atoms with Crippen LogP contribution in [0.1, 0.15) is 16.1 Å². The second kappa shape index (κ2) is 7.09. The highest BCUT2D eigenvalue weighted by molar-refractivity contribution is 6.00. The second-order valence-electron chi connectivity index (χ2n) is 6.72. The molecule has 0 atom stereocenters. The van der Waals surface area contributed by atoms with Gasteiger partial charge in [0.2, 0.25) is 0 Å². The average Bonchev–Trinajstić information content (AvgIpc) is 3.41. The van der Waals surface area contributed by atoms with Crippen LogP contribution in [0.5, 0.6) is 0 Å². The van der Waals surface area contributed by atoms with Crippen molar-refractivity contribution in [3.63, 3.8) is 0 Å². The van der Waals surface area contributed by atoms with Gasteiger partial charge in [-0.3, -0.25) is 9.89 Å². The van der Waals surface area contributed by atoms with E-state index in [0.717, 1.165) is 32.8 Å². The van der Waals surface area contributed by atoms with E-state index < -0.39 is 0 Å². The zero-order valence-corrected chi connectivity index (χ0v) is 15.4. The molecule has 0 aliphatic rings. The molecule has 5 rings (SSSR count). The summed E-state index contributed by atoms with van der Waals surface area (Å²) < 4.78 is 0. The topological polar surface area (TPSA) is 85.9 Å². The van der Waals surface area contributed by atoms with Gasteiger partial charge in [0, 0.05) is 28.2 Å². The van der Waals surface area contributed by atoms with Crippen molar-refractivity contribution in [1.29, 1.82) is 0 Å². The molecular formula is C23H17N5O. The van der Waals surface area contributed by atoms with Gasteiger partial charge in [-0.1, -0.05) is 54.6 Å². The van der Waals surface area contributed by atoms with Crippen LogP contribution in [0.25, 0.3) is 32.9 Å². The van der Waals surface area contributed by atoms with Gasteiger partial charge < -0.3 is 4.98 Å². The van der Waals surface area contributed by atoms with Crippen LogP contribution in [0.4, 0.5) is 0 Å². The Bertz CT molecular complexity index is 1360. The standard InChI is InChI=1S/C23H17N5O/c29-23(28-25-14-18-13-24-20-8-4-3-7-19(18)20)22-12-21(26-27-22)17-10-9-15-5-1-2-6-16(15)11-17/h1-14,24H,(H,26,27)(H,28,29)/b25-14-. The third kappa shape index (κ3) is 3.27. The van der Waals surface area contributed by atoms with E-state index in [1.165, 1.54) is 0 Å². The smallest absolute Gasteiger partial charge is 0.289 e. The highest BCUT2D eigenvalue weighted by atomic mass is 16.2. The number of fused-ring (bicyclic) bond motifs is 2. The van der Waals surface area contributed by atoms with Crippen molar-refractivity contribution < 1.29 is 4.79 Å². The quantitative estimate of drug-likeness (QED) is 0.318. The number of aromatic amines is 2. The largest absolute Gasteiger partial charge is 0.361 e. The highest BCUT2D eigenvalue weighted by Crippen LogP contribution is 2.23. The van der Waals surface area contributed by atoms with Crippen LogP contribution in [0.3, 0.4) is 0 Å². The van der Waals surface area contributed by atoms with E-state index in [2.05, 4.69) is 43.9 Å². The number of carbonyl (C=O) groups is 1. The molecule has 2 heterocycles. The maximum Gasteiger partial charge on any atom is 0.289 e. The van der Waals surface area contributed by atoms with Gasteiger partial charge in [0.05, 0.1) is 11.9 Å². The summed E-state index contributed by atoms with van der Waals surface area (Å²) in [6.07, 6.45) is 3.48. The van der Waals surface area contributed by atoms with Gasteiger partial charge in [-0.25, -0.2) is 5.43 Å². The molecular weight excluding hydrogens is 362 g/mol. The first kappa shape index (κ1) is 16.9. The van der Waals surface area contributed by atoms with Crippen LogP contribution in [0, 0.1) is 0 Å². The molecule has 0 saturated heterocycles. The minimum atomic E-state index is -0.347. The van der Waals surface area contributed by atoms with Gasteiger partial charge in [-0.05, 0) is 29.0 Å². The summed E-state index contributed by atoms with van der Waals surface area (Å²) in [6, 6.07) is 23.9. The van der Waals surface area contributed by atoms with E-state index in [4.69, 9.17) is 0 Å². The maximum absolute atomic E-state index is 12.4. The van der Waals surface area contributed by atoms with E-state index in [-0.39, 0.29) is 5.91 Å². The molecule has 0 spiro atoms. The Morgan fingerprint density at radius 3 is 2.72 bits per heavy atom. The molecule has 6 nitrogen and oxygen atoms in total. The summed E-state index contributed by atoms with van der Waals surface area (Å²) in [5, 5.41) is 14.5. The van der Waals surface area contributed by atoms with Gasteiger partial charge in [0.25, 0.3) is 5.91 Å². The predicted octanol–water partition coefficient (Wildman–Crippen LogP) is 4.48. The fourth-order valence-corrected chi connectivity index (χ4v) is 3.36. The average molecular weight is 379 g/mol. The van der Waals surface area contributed by atoms with E-state index in [9.17, 15) is 4.79 Å². The number of nitrogens with one attached hydrogen (secondary N) is 3. The zero-order valence-electron chi connectivity index (χ0n) is 15.4. The lowest BCUT2D eigenvalue weighted by molar-refractivity contribution is 0.0950.